The van der Waals surface area contributed by atoms with Crippen LogP contribution in [0.15, 0.2) is 42.5 Å². The maximum Gasteiger partial charge on any atom is 0.193 e. The van der Waals surface area contributed by atoms with E-state index in [0.717, 1.165) is 16.7 Å². The Labute approximate surface area is 107 Å². The fourth-order valence-corrected chi connectivity index (χ4v) is 2.06. The minimum atomic E-state index is 0.0581. The molecule has 2 N–H and O–H groups in total. The van der Waals surface area contributed by atoms with Gasteiger partial charge in [-0.3, -0.25) is 4.79 Å². The van der Waals surface area contributed by atoms with Crippen molar-refractivity contribution in [3.63, 3.8) is 0 Å². The molecule has 92 valence electrons. The van der Waals surface area contributed by atoms with Crippen LogP contribution in [0.5, 0.6) is 0 Å². The molecule has 0 heterocycles. The molecule has 0 aliphatic rings. The second-order valence-corrected chi connectivity index (χ2v) is 4.55. The van der Waals surface area contributed by atoms with Crippen LogP contribution in [0.25, 0.3) is 0 Å². The number of hydrogen-bond acceptors (Lipinski definition) is 2. The lowest BCUT2D eigenvalue weighted by molar-refractivity contribution is 0.103. The first-order valence-corrected chi connectivity index (χ1v) is 6.03. The maximum atomic E-state index is 12.4. The molecule has 0 fully saturated rings. The molecular weight excluding hydrogens is 222 g/mol. The second kappa shape index (κ2) is 5.15. The van der Waals surface area contributed by atoms with Crippen LogP contribution in [0.2, 0.25) is 0 Å². The Bertz CT molecular complexity index is 587. The van der Waals surface area contributed by atoms with E-state index in [1.165, 1.54) is 5.56 Å². The predicted octanol–water partition coefficient (Wildman–Crippen LogP) is 2.99. The average molecular weight is 239 g/mol. The molecule has 0 aliphatic heterocycles. The Hall–Kier alpha value is -1.93. The fraction of sp³-hybridized carbons (Fsp3) is 0.188. The molecule has 2 aromatic rings. The summed E-state index contributed by atoms with van der Waals surface area (Å²) in [6, 6.07) is 13.4. The number of nitrogens with two attached hydrogens (primary N) is 1. The highest BCUT2D eigenvalue weighted by molar-refractivity contribution is 6.10. The summed E-state index contributed by atoms with van der Waals surface area (Å²) in [4.78, 5) is 12.4. The van der Waals surface area contributed by atoms with Crippen LogP contribution in [0.4, 0.5) is 0 Å². The average Bonchev–Trinajstić information content (AvgIpc) is 2.38. The maximum absolute atomic E-state index is 12.4. The first-order chi connectivity index (χ1) is 8.61. The molecule has 0 atom stereocenters. The van der Waals surface area contributed by atoms with Crippen molar-refractivity contribution in [1.82, 2.24) is 0 Å². The van der Waals surface area contributed by atoms with Crippen molar-refractivity contribution in [2.24, 2.45) is 5.73 Å². The highest BCUT2D eigenvalue weighted by Crippen LogP contribution is 2.16. The third-order valence-corrected chi connectivity index (χ3v) is 3.05. The van der Waals surface area contributed by atoms with Gasteiger partial charge in [-0.2, -0.15) is 0 Å². The summed E-state index contributed by atoms with van der Waals surface area (Å²) < 4.78 is 0. The molecule has 0 saturated heterocycles. The zero-order valence-corrected chi connectivity index (χ0v) is 10.7. The van der Waals surface area contributed by atoms with Crippen LogP contribution in [0.3, 0.4) is 0 Å². The van der Waals surface area contributed by atoms with E-state index in [1.807, 2.05) is 56.3 Å². The highest BCUT2D eigenvalue weighted by Gasteiger charge is 2.11. The summed E-state index contributed by atoms with van der Waals surface area (Å²) >= 11 is 0. The topological polar surface area (TPSA) is 43.1 Å². The predicted molar refractivity (Wildman–Crippen MR) is 73.7 cm³/mol. The molecule has 0 bridgehead atoms. The number of carbonyl (C=O) groups excluding carboxylic acids is 1. The quantitative estimate of drug-likeness (QED) is 0.837. The molecule has 0 aliphatic carbocycles. The third kappa shape index (κ3) is 2.49. The van der Waals surface area contributed by atoms with Crippen LogP contribution in [0, 0.1) is 13.8 Å². The largest absolute Gasteiger partial charge is 0.326 e. The lowest BCUT2D eigenvalue weighted by Gasteiger charge is -2.07. The molecule has 18 heavy (non-hydrogen) atoms. The molecule has 2 nitrogen and oxygen atoms in total. The molecule has 2 aromatic carbocycles. The van der Waals surface area contributed by atoms with Crippen molar-refractivity contribution in [3.05, 3.63) is 70.3 Å². The molecule has 2 heteroatoms. The molecule has 0 aromatic heterocycles. The highest BCUT2D eigenvalue weighted by atomic mass is 16.1. The first-order valence-electron chi connectivity index (χ1n) is 6.03. The van der Waals surface area contributed by atoms with Crippen LogP contribution >= 0.6 is 0 Å². The van der Waals surface area contributed by atoms with Gasteiger partial charge in [-0.1, -0.05) is 42.0 Å². The third-order valence-electron chi connectivity index (χ3n) is 3.05. The molecule has 0 radical (unpaired) electrons. The van der Waals surface area contributed by atoms with Gasteiger partial charge in [-0.25, -0.2) is 0 Å². The van der Waals surface area contributed by atoms with Gasteiger partial charge < -0.3 is 5.73 Å². The van der Waals surface area contributed by atoms with Crippen LogP contribution in [-0.4, -0.2) is 5.78 Å². The van der Waals surface area contributed by atoms with Crippen molar-refractivity contribution in [3.8, 4) is 0 Å². The van der Waals surface area contributed by atoms with Crippen molar-refractivity contribution >= 4 is 5.78 Å². The Morgan fingerprint density at radius 3 is 2.56 bits per heavy atom. The van der Waals surface area contributed by atoms with Crippen molar-refractivity contribution in [1.29, 1.82) is 0 Å². The normalized spacial score (nSPS) is 10.4. The lowest BCUT2D eigenvalue weighted by atomic mass is 9.96. The number of ketones is 1. The van der Waals surface area contributed by atoms with Crippen molar-refractivity contribution in [2.75, 3.05) is 0 Å². The Morgan fingerprint density at radius 2 is 1.89 bits per heavy atom. The molecular formula is C16H17NO. The van der Waals surface area contributed by atoms with Crippen molar-refractivity contribution in [2.45, 2.75) is 20.4 Å². The van der Waals surface area contributed by atoms with Crippen LogP contribution in [-0.2, 0) is 6.54 Å². The summed E-state index contributed by atoms with van der Waals surface area (Å²) in [6.45, 7) is 4.44. The zero-order chi connectivity index (χ0) is 13.1. The summed E-state index contributed by atoms with van der Waals surface area (Å²) in [5.74, 6) is 0.0581. The van der Waals surface area contributed by atoms with E-state index in [4.69, 9.17) is 5.73 Å². The Morgan fingerprint density at radius 1 is 1.11 bits per heavy atom. The van der Waals surface area contributed by atoms with E-state index in [1.54, 1.807) is 0 Å². The van der Waals surface area contributed by atoms with E-state index < -0.39 is 0 Å². The standard InChI is InChI=1S/C16H17NO/c1-11-6-7-15(12(2)8-11)16(18)14-5-3-4-13(9-14)10-17/h3-9H,10,17H2,1-2H3. The van der Waals surface area contributed by atoms with Gasteiger partial charge >= 0.3 is 0 Å². The number of hydrogen-bond donors (Lipinski definition) is 1. The molecule has 0 saturated carbocycles. The second-order valence-electron chi connectivity index (χ2n) is 4.55. The Balaban J connectivity index is 2.41. The fourth-order valence-electron chi connectivity index (χ4n) is 2.06. The smallest absolute Gasteiger partial charge is 0.193 e. The van der Waals surface area contributed by atoms with E-state index in [-0.39, 0.29) is 5.78 Å². The molecule has 2 rings (SSSR count). The van der Waals surface area contributed by atoms with E-state index in [9.17, 15) is 4.79 Å². The molecule has 0 unspecified atom stereocenters. The van der Waals surface area contributed by atoms with Crippen LogP contribution < -0.4 is 5.73 Å². The number of rotatable bonds is 3. The van der Waals surface area contributed by atoms with Crippen LogP contribution in [0.1, 0.15) is 32.6 Å². The SMILES string of the molecule is Cc1ccc(C(=O)c2cccc(CN)c2)c(C)c1. The van der Waals surface area contributed by atoms with Gasteiger partial charge in [-0.05, 0) is 31.0 Å². The first kappa shape index (κ1) is 12.5. The summed E-state index contributed by atoms with van der Waals surface area (Å²) in [6.07, 6.45) is 0. The molecule has 0 amide bonds. The van der Waals surface area contributed by atoms with Gasteiger partial charge in [0.05, 0.1) is 0 Å². The zero-order valence-electron chi connectivity index (χ0n) is 10.7. The van der Waals surface area contributed by atoms with Gasteiger partial charge in [0.1, 0.15) is 0 Å². The Kier molecular flexibility index (Phi) is 3.58. The van der Waals surface area contributed by atoms with Gasteiger partial charge in [0.25, 0.3) is 0 Å². The number of aryl methyl sites for hydroxylation is 2. The minimum absolute atomic E-state index is 0.0581. The molecule has 0 spiro atoms. The van der Waals surface area contributed by atoms with Gasteiger partial charge in [0.2, 0.25) is 0 Å². The summed E-state index contributed by atoms with van der Waals surface area (Å²) in [7, 11) is 0. The lowest BCUT2D eigenvalue weighted by Crippen LogP contribution is -2.05. The number of carbonyl (C=O) groups is 1. The van der Waals surface area contributed by atoms with Gasteiger partial charge in [0, 0.05) is 17.7 Å². The van der Waals surface area contributed by atoms with E-state index in [2.05, 4.69) is 0 Å². The van der Waals surface area contributed by atoms with E-state index >= 15 is 0 Å². The summed E-state index contributed by atoms with van der Waals surface area (Å²) in [5.41, 5.74) is 10.2. The van der Waals surface area contributed by atoms with E-state index in [0.29, 0.717) is 12.1 Å². The van der Waals surface area contributed by atoms with Crippen molar-refractivity contribution < 1.29 is 4.79 Å². The van der Waals surface area contributed by atoms with Gasteiger partial charge in [0.15, 0.2) is 5.78 Å². The van der Waals surface area contributed by atoms with Gasteiger partial charge in [-0.15, -0.1) is 0 Å². The number of benzene rings is 2. The monoisotopic (exact) mass is 239 g/mol. The summed E-state index contributed by atoms with van der Waals surface area (Å²) in [5, 5.41) is 0. The minimum Gasteiger partial charge on any atom is -0.326 e.